The number of halogens is 6. The van der Waals surface area contributed by atoms with Crippen LogP contribution in [0.3, 0.4) is 0 Å². The Morgan fingerprint density at radius 2 is 1.84 bits per heavy atom. The summed E-state index contributed by atoms with van der Waals surface area (Å²) in [6.45, 7) is 1.89. The lowest BCUT2D eigenvalue weighted by molar-refractivity contribution is -0.671. The summed E-state index contributed by atoms with van der Waals surface area (Å²) in [4.78, 5) is 18.3. The number of fused-ring (bicyclic) bond motifs is 1. The van der Waals surface area contributed by atoms with E-state index >= 15 is 0 Å². The molecule has 5 aromatic rings. The van der Waals surface area contributed by atoms with Gasteiger partial charge in [0.15, 0.2) is 10.0 Å². The molecule has 0 aliphatic heterocycles. The van der Waals surface area contributed by atoms with E-state index in [1.807, 2.05) is 0 Å². The van der Waals surface area contributed by atoms with Gasteiger partial charge in [-0.15, -0.1) is 11.3 Å². The number of aromatic hydroxyl groups is 1. The summed E-state index contributed by atoms with van der Waals surface area (Å²) in [6, 6.07) is 9.71. The van der Waals surface area contributed by atoms with Crippen molar-refractivity contribution in [2.24, 2.45) is 0 Å². The number of alkyl halides is 3. The van der Waals surface area contributed by atoms with Gasteiger partial charge in [0.1, 0.15) is 12.4 Å². The topological polar surface area (TPSA) is 58.5 Å². The highest BCUT2D eigenvalue weighted by atomic mass is 35.5. The van der Waals surface area contributed by atoms with Crippen molar-refractivity contribution in [3.8, 4) is 28.1 Å². The van der Waals surface area contributed by atoms with Crippen molar-refractivity contribution >= 4 is 40.2 Å². The maximum Gasteiger partial charge on any atom is 0.416 e. The van der Waals surface area contributed by atoms with Crippen LogP contribution in [0.4, 0.5) is 17.6 Å². The third-order valence-electron chi connectivity index (χ3n) is 5.96. The Morgan fingerprint density at radius 3 is 2.50 bits per heavy atom. The van der Waals surface area contributed by atoms with Crippen LogP contribution in [-0.4, -0.2) is 14.5 Å². The second kappa shape index (κ2) is 9.68. The molecule has 0 aliphatic carbocycles. The van der Waals surface area contributed by atoms with Crippen LogP contribution >= 0.6 is 34.5 Å². The summed E-state index contributed by atoms with van der Waals surface area (Å²) in [6.07, 6.45) is -1.53. The van der Waals surface area contributed by atoms with Gasteiger partial charge in [-0.3, -0.25) is 0 Å². The summed E-state index contributed by atoms with van der Waals surface area (Å²) in [7, 11) is 0. The number of rotatable bonds is 4. The van der Waals surface area contributed by atoms with Gasteiger partial charge in [-0.1, -0.05) is 29.3 Å². The van der Waals surface area contributed by atoms with E-state index in [4.69, 9.17) is 23.2 Å². The van der Waals surface area contributed by atoms with Gasteiger partial charge in [0.2, 0.25) is 0 Å². The lowest BCUT2D eigenvalue weighted by Crippen LogP contribution is -2.41. The molecule has 0 bridgehead atoms. The van der Waals surface area contributed by atoms with E-state index < -0.39 is 29.0 Å². The van der Waals surface area contributed by atoms with Crippen molar-refractivity contribution in [2.45, 2.75) is 19.6 Å². The molecule has 0 saturated heterocycles. The van der Waals surface area contributed by atoms with E-state index in [0.717, 1.165) is 30.3 Å². The predicted octanol–water partition coefficient (Wildman–Crippen LogP) is 6.90. The Hall–Kier alpha value is -3.47. The SMILES string of the molecule is Cc1cccn2c(=O)c(-c3cc(F)cc(-c4ccc(C(F)(F)F)cc4Cl)c3)c(O)[n+](Cc3cnc(Cl)s3)c12. The summed E-state index contributed by atoms with van der Waals surface area (Å²) in [5.41, 5.74) is -0.388. The van der Waals surface area contributed by atoms with Gasteiger partial charge in [0, 0.05) is 27.9 Å². The Morgan fingerprint density at radius 1 is 1.11 bits per heavy atom. The van der Waals surface area contributed by atoms with Crippen LogP contribution in [0.25, 0.3) is 27.9 Å². The molecule has 0 aliphatic rings. The molecule has 3 aromatic heterocycles. The lowest BCUT2D eigenvalue weighted by atomic mass is 9.98. The normalized spacial score (nSPS) is 11.9. The van der Waals surface area contributed by atoms with Crippen LogP contribution in [0.5, 0.6) is 5.88 Å². The van der Waals surface area contributed by atoms with E-state index in [0.29, 0.717) is 20.6 Å². The molecule has 0 spiro atoms. The van der Waals surface area contributed by atoms with Crippen LogP contribution in [0.2, 0.25) is 9.49 Å². The van der Waals surface area contributed by atoms with Crippen LogP contribution in [0, 0.1) is 12.7 Å². The minimum absolute atomic E-state index is 0.0189. The highest BCUT2D eigenvalue weighted by molar-refractivity contribution is 7.15. The first-order valence-electron chi connectivity index (χ1n) is 11.0. The average Bonchev–Trinajstić information content (AvgIpc) is 3.25. The average molecular weight is 581 g/mol. The minimum atomic E-state index is -4.60. The van der Waals surface area contributed by atoms with Gasteiger partial charge in [-0.2, -0.15) is 22.1 Å². The monoisotopic (exact) mass is 580 g/mol. The predicted molar refractivity (Wildman–Crippen MR) is 137 cm³/mol. The van der Waals surface area contributed by atoms with E-state index in [2.05, 4.69) is 4.98 Å². The maximum atomic E-state index is 14.8. The van der Waals surface area contributed by atoms with Crippen LogP contribution in [0.1, 0.15) is 16.0 Å². The van der Waals surface area contributed by atoms with E-state index in [-0.39, 0.29) is 33.8 Å². The molecule has 5 rings (SSSR count). The number of aromatic nitrogens is 3. The standard InChI is InChI=1S/C26H15Cl2F4N3O2S/c1-13-3-2-6-34-22(13)35(12-18-11-33-25(28)38-18)24(37)21(23(34)36)15-7-14(8-17(29)9-15)19-5-4-16(10-20(19)27)26(30,31)32/h2-11H,12H2,1H3/p+1. The fraction of sp³-hybridized carbons (Fsp3) is 0.115. The van der Waals surface area contributed by atoms with Gasteiger partial charge < -0.3 is 5.11 Å². The molecule has 194 valence electrons. The third-order valence-corrected chi connectivity index (χ3v) is 7.38. The largest absolute Gasteiger partial charge is 0.477 e. The fourth-order valence-electron chi connectivity index (χ4n) is 4.30. The molecule has 5 nitrogen and oxygen atoms in total. The molecule has 0 unspecified atom stereocenters. The zero-order valence-electron chi connectivity index (χ0n) is 19.4. The molecule has 1 N–H and O–H groups in total. The zero-order valence-corrected chi connectivity index (χ0v) is 21.7. The molecule has 3 heterocycles. The van der Waals surface area contributed by atoms with Gasteiger partial charge in [-0.05, 0) is 55.0 Å². The molecular formula is C26H16Cl2F4N3O2S+. The second-order valence-electron chi connectivity index (χ2n) is 8.48. The molecule has 0 radical (unpaired) electrons. The first-order chi connectivity index (χ1) is 17.9. The second-order valence-corrected chi connectivity index (χ2v) is 10.6. The molecule has 12 heteroatoms. The Kier molecular flexibility index (Phi) is 6.66. The third kappa shape index (κ3) is 4.75. The Bertz CT molecular complexity index is 1780. The number of nitrogens with zero attached hydrogens (tertiary/aromatic N) is 3. The highest BCUT2D eigenvalue weighted by Gasteiger charge is 2.31. The van der Waals surface area contributed by atoms with Gasteiger partial charge in [0.25, 0.3) is 11.5 Å². The van der Waals surface area contributed by atoms with Gasteiger partial charge in [-0.25, -0.2) is 14.2 Å². The summed E-state index contributed by atoms with van der Waals surface area (Å²) >= 11 is 13.3. The fourth-order valence-corrected chi connectivity index (χ4v) is 5.55. The first kappa shape index (κ1) is 26.1. The van der Waals surface area contributed by atoms with E-state index in [1.54, 1.807) is 25.3 Å². The Labute approximate surface area is 226 Å². The number of hydrogen-bond acceptors (Lipinski definition) is 4. The van der Waals surface area contributed by atoms with E-state index in [9.17, 15) is 27.5 Å². The van der Waals surface area contributed by atoms with Gasteiger partial charge in [0.05, 0.1) is 16.6 Å². The summed E-state index contributed by atoms with van der Waals surface area (Å²) in [5.74, 6) is -1.20. The van der Waals surface area contributed by atoms with Crippen LogP contribution < -0.4 is 10.1 Å². The first-order valence-corrected chi connectivity index (χ1v) is 12.6. The maximum absolute atomic E-state index is 14.8. The molecule has 0 amide bonds. The van der Waals surface area contributed by atoms with Crippen molar-refractivity contribution < 1.29 is 27.2 Å². The molecule has 2 aromatic carbocycles. The van der Waals surface area contributed by atoms with Crippen molar-refractivity contribution in [1.29, 1.82) is 0 Å². The van der Waals surface area contributed by atoms with Crippen molar-refractivity contribution in [3.63, 3.8) is 0 Å². The lowest BCUT2D eigenvalue weighted by Gasteiger charge is -2.13. The van der Waals surface area contributed by atoms with Gasteiger partial charge >= 0.3 is 11.7 Å². The van der Waals surface area contributed by atoms with Crippen LogP contribution in [-0.2, 0) is 12.7 Å². The highest BCUT2D eigenvalue weighted by Crippen LogP contribution is 2.37. The quantitative estimate of drug-likeness (QED) is 0.186. The summed E-state index contributed by atoms with van der Waals surface area (Å²) in [5, 5.41) is 11.1. The smallest absolute Gasteiger partial charge is 0.416 e. The number of hydrogen-bond donors (Lipinski definition) is 1. The molecule has 0 atom stereocenters. The zero-order chi connectivity index (χ0) is 27.4. The number of pyridine rings is 1. The van der Waals surface area contributed by atoms with E-state index in [1.165, 1.54) is 32.6 Å². The molecule has 38 heavy (non-hydrogen) atoms. The molecule has 0 fully saturated rings. The molecule has 0 saturated carbocycles. The van der Waals surface area contributed by atoms with Crippen molar-refractivity contribution in [2.75, 3.05) is 0 Å². The van der Waals surface area contributed by atoms with Crippen molar-refractivity contribution in [1.82, 2.24) is 9.38 Å². The van der Waals surface area contributed by atoms with Crippen molar-refractivity contribution in [3.05, 3.63) is 103 Å². The number of thiazole rings is 1. The summed E-state index contributed by atoms with van der Waals surface area (Å²) < 4.78 is 57.3. The van der Waals surface area contributed by atoms with Crippen LogP contribution in [0.15, 0.2) is 65.7 Å². The number of aryl methyl sites for hydroxylation is 1. The molecular weight excluding hydrogens is 565 g/mol. The Balaban J connectivity index is 1.74. The number of benzene rings is 2. The minimum Gasteiger partial charge on any atom is -0.477 e.